The highest BCUT2D eigenvalue weighted by Gasteiger charge is 2.12. The highest BCUT2D eigenvalue weighted by atomic mass is 35.5. The summed E-state index contributed by atoms with van der Waals surface area (Å²) in [6, 6.07) is 23.8. The number of fused-ring (bicyclic) bond motifs is 1. The van der Waals surface area contributed by atoms with Crippen LogP contribution in [0, 0.1) is 0 Å². The molecular weight excluding hydrogens is 363 g/mol. The van der Waals surface area contributed by atoms with Gasteiger partial charge in [0.2, 0.25) is 0 Å². The highest BCUT2D eigenvalue weighted by molar-refractivity contribution is 6.36. The lowest BCUT2D eigenvalue weighted by atomic mass is 10.2. The molecule has 4 aromatic rings. The van der Waals surface area contributed by atoms with Gasteiger partial charge in [-0.3, -0.25) is 0 Å². The van der Waals surface area contributed by atoms with E-state index in [1.165, 1.54) is 0 Å². The summed E-state index contributed by atoms with van der Waals surface area (Å²) in [4.78, 5) is 4.77. The number of nitrogens with zero attached hydrogens (tertiary/aromatic N) is 2. The first-order valence-electron chi connectivity index (χ1n) is 8.33. The number of aromatic nitrogens is 2. The second kappa shape index (κ2) is 7.36. The molecule has 128 valence electrons. The van der Waals surface area contributed by atoms with Crippen molar-refractivity contribution < 1.29 is 0 Å². The van der Waals surface area contributed by atoms with Crippen molar-refractivity contribution in [2.24, 2.45) is 0 Å². The van der Waals surface area contributed by atoms with E-state index in [1.54, 1.807) is 0 Å². The Kier molecular flexibility index (Phi) is 4.79. The van der Waals surface area contributed by atoms with E-state index >= 15 is 0 Å². The maximum absolute atomic E-state index is 6.39. The van der Waals surface area contributed by atoms with Crippen molar-refractivity contribution in [1.29, 1.82) is 0 Å². The number of hydrogen-bond donors (Lipinski definition) is 0. The number of imidazole rings is 1. The van der Waals surface area contributed by atoms with Crippen LogP contribution in [0.4, 0.5) is 0 Å². The van der Waals surface area contributed by atoms with E-state index in [1.807, 2.05) is 60.7 Å². The van der Waals surface area contributed by atoms with E-state index in [2.05, 4.69) is 28.8 Å². The first kappa shape index (κ1) is 16.9. The number of halogens is 2. The van der Waals surface area contributed by atoms with Crippen molar-refractivity contribution in [3.8, 4) is 0 Å². The Morgan fingerprint density at radius 1 is 0.769 bits per heavy atom. The molecule has 0 N–H and O–H groups in total. The summed E-state index contributed by atoms with van der Waals surface area (Å²) in [5.74, 6) is 0.867. The lowest BCUT2D eigenvalue weighted by Gasteiger charge is -2.11. The van der Waals surface area contributed by atoms with E-state index < -0.39 is 0 Å². The summed E-state index contributed by atoms with van der Waals surface area (Å²) in [5, 5.41) is 1.32. The Bertz CT molecular complexity index is 1060. The summed E-state index contributed by atoms with van der Waals surface area (Å²) in [7, 11) is 0. The van der Waals surface area contributed by atoms with Crippen LogP contribution >= 0.6 is 23.2 Å². The van der Waals surface area contributed by atoms with Gasteiger partial charge in [0.25, 0.3) is 0 Å². The standard InChI is InChI=1S/C22H16Cl2N2/c23-18-9-6-10-19(24)17(18)15-26-21-12-5-4-11-20(21)25-22(26)14-13-16-7-2-1-3-8-16/h1-14H,15H2/b14-13+. The average Bonchev–Trinajstić information content (AvgIpc) is 3.01. The van der Waals surface area contributed by atoms with E-state index in [0.29, 0.717) is 16.6 Å². The zero-order valence-corrected chi connectivity index (χ0v) is 15.5. The summed E-state index contributed by atoms with van der Waals surface area (Å²) < 4.78 is 2.14. The lowest BCUT2D eigenvalue weighted by molar-refractivity contribution is 0.814. The van der Waals surface area contributed by atoms with Gasteiger partial charge in [0, 0.05) is 15.6 Å². The molecule has 0 saturated heterocycles. The predicted molar refractivity (Wildman–Crippen MR) is 111 cm³/mol. The Hall–Kier alpha value is -2.55. The summed E-state index contributed by atoms with van der Waals surface area (Å²) >= 11 is 12.8. The molecule has 0 atom stereocenters. The zero-order valence-electron chi connectivity index (χ0n) is 13.9. The first-order valence-corrected chi connectivity index (χ1v) is 9.09. The fourth-order valence-electron chi connectivity index (χ4n) is 2.96. The van der Waals surface area contributed by atoms with Crippen LogP contribution in [0.3, 0.4) is 0 Å². The minimum atomic E-state index is 0.563. The molecule has 1 heterocycles. The van der Waals surface area contributed by atoms with E-state index in [4.69, 9.17) is 28.2 Å². The van der Waals surface area contributed by atoms with Crippen LogP contribution in [0.5, 0.6) is 0 Å². The molecule has 26 heavy (non-hydrogen) atoms. The molecule has 0 aliphatic rings. The Morgan fingerprint density at radius 2 is 1.46 bits per heavy atom. The lowest BCUT2D eigenvalue weighted by Crippen LogP contribution is -2.03. The second-order valence-electron chi connectivity index (χ2n) is 5.99. The van der Waals surface area contributed by atoms with Crippen LogP contribution in [0.15, 0.2) is 72.8 Å². The number of hydrogen-bond acceptors (Lipinski definition) is 1. The van der Waals surface area contributed by atoms with Crippen molar-refractivity contribution in [2.75, 3.05) is 0 Å². The van der Waals surface area contributed by atoms with E-state index in [0.717, 1.165) is 28.0 Å². The van der Waals surface area contributed by atoms with Gasteiger partial charge in [0.15, 0.2) is 0 Å². The van der Waals surface area contributed by atoms with Gasteiger partial charge in [-0.15, -0.1) is 0 Å². The maximum Gasteiger partial charge on any atom is 0.134 e. The van der Waals surface area contributed by atoms with E-state index in [-0.39, 0.29) is 0 Å². The molecule has 4 heteroatoms. The molecule has 0 amide bonds. The molecule has 0 bridgehead atoms. The Labute approximate surface area is 162 Å². The Morgan fingerprint density at radius 3 is 2.23 bits per heavy atom. The normalized spacial score (nSPS) is 11.5. The molecule has 0 unspecified atom stereocenters. The molecule has 0 radical (unpaired) electrons. The van der Waals surface area contributed by atoms with Gasteiger partial charge in [-0.05, 0) is 35.9 Å². The molecule has 2 nitrogen and oxygen atoms in total. The van der Waals surface area contributed by atoms with E-state index in [9.17, 15) is 0 Å². The predicted octanol–water partition coefficient (Wildman–Crippen LogP) is 6.56. The second-order valence-corrected chi connectivity index (χ2v) is 6.80. The van der Waals surface area contributed by atoms with Gasteiger partial charge >= 0.3 is 0 Å². The fraction of sp³-hybridized carbons (Fsp3) is 0.0455. The highest BCUT2D eigenvalue weighted by Crippen LogP contribution is 2.28. The van der Waals surface area contributed by atoms with Crippen LogP contribution in [-0.2, 0) is 6.54 Å². The maximum atomic E-state index is 6.39. The minimum absolute atomic E-state index is 0.563. The molecular formula is C22H16Cl2N2. The molecule has 0 spiro atoms. The Balaban J connectivity index is 1.81. The molecule has 0 aliphatic heterocycles. The third-order valence-electron chi connectivity index (χ3n) is 4.29. The largest absolute Gasteiger partial charge is 0.320 e. The first-order chi connectivity index (χ1) is 12.7. The minimum Gasteiger partial charge on any atom is -0.320 e. The van der Waals surface area contributed by atoms with Crippen LogP contribution in [0.1, 0.15) is 17.0 Å². The van der Waals surface area contributed by atoms with Crippen molar-refractivity contribution in [3.63, 3.8) is 0 Å². The number of benzene rings is 3. The average molecular weight is 379 g/mol. The topological polar surface area (TPSA) is 17.8 Å². The van der Waals surface area contributed by atoms with Crippen molar-refractivity contribution in [3.05, 3.63) is 99.8 Å². The van der Waals surface area contributed by atoms with Crippen LogP contribution in [0.25, 0.3) is 23.2 Å². The van der Waals surface area contributed by atoms with Gasteiger partial charge in [0.05, 0.1) is 17.6 Å². The van der Waals surface area contributed by atoms with Gasteiger partial charge in [-0.1, -0.05) is 77.8 Å². The van der Waals surface area contributed by atoms with Crippen molar-refractivity contribution in [1.82, 2.24) is 9.55 Å². The monoisotopic (exact) mass is 378 g/mol. The summed E-state index contributed by atoms with van der Waals surface area (Å²) in [5.41, 5.74) is 4.02. The molecule has 4 rings (SSSR count). The third-order valence-corrected chi connectivity index (χ3v) is 4.99. The molecule has 0 saturated carbocycles. The molecule has 1 aromatic heterocycles. The van der Waals surface area contributed by atoms with Crippen LogP contribution in [-0.4, -0.2) is 9.55 Å². The van der Waals surface area contributed by atoms with Crippen LogP contribution < -0.4 is 0 Å². The van der Waals surface area contributed by atoms with Gasteiger partial charge in [0.1, 0.15) is 5.82 Å². The van der Waals surface area contributed by atoms with Crippen LogP contribution in [0.2, 0.25) is 10.0 Å². The fourth-order valence-corrected chi connectivity index (χ4v) is 3.48. The molecule has 0 aliphatic carbocycles. The third kappa shape index (κ3) is 3.39. The summed E-state index contributed by atoms with van der Waals surface area (Å²) in [6.07, 6.45) is 4.09. The van der Waals surface area contributed by atoms with Crippen molar-refractivity contribution >= 4 is 46.4 Å². The SMILES string of the molecule is Clc1cccc(Cl)c1Cn1c(/C=C/c2ccccc2)nc2ccccc21. The summed E-state index contributed by atoms with van der Waals surface area (Å²) in [6.45, 7) is 0.563. The number of para-hydroxylation sites is 2. The van der Waals surface area contributed by atoms with Gasteiger partial charge in [-0.2, -0.15) is 0 Å². The molecule has 0 fully saturated rings. The number of rotatable bonds is 4. The van der Waals surface area contributed by atoms with Crippen molar-refractivity contribution in [2.45, 2.75) is 6.54 Å². The zero-order chi connectivity index (χ0) is 17.9. The quantitative estimate of drug-likeness (QED) is 0.393. The molecule has 3 aromatic carbocycles. The van der Waals surface area contributed by atoms with Gasteiger partial charge < -0.3 is 4.57 Å². The van der Waals surface area contributed by atoms with Gasteiger partial charge in [-0.25, -0.2) is 4.98 Å². The smallest absolute Gasteiger partial charge is 0.134 e.